The van der Waals surface area contributed by atoms with Crippen molar-refractivity contribution < 1.29 is 9.90 Å². The molecule has 0 amide bonds. The summed E-state index contributed by atoms with van der Waals surface area (Å²) in [6, 6.07) is 0. The Hall–Kier alpha value is -1.59. The summed E-state index contributed by atoms with van der Waals surface area (Å²) < 4.78 is 1.74. The molecule has 4 aliphatic rings. The molecule has 0 radical (unpaired) electrons. The number of carboxylic acids is 1. The lowest BCUT2D eigenvalue weighted by Crippen LogP contribution is -2.52. The molecule has 1 aromatic rings. The molecule has 3 N–H and O–H groups in total. The summed E-state index contributed by atoms with van der Waals surface area (Å²) in [5, 5.41) is 13.2. The van der Waals surface area contributed by atoms with Crippen LogP contribution in [0.2, 0.25) is 0 Å². The van der Waals surface area contributed by atoms with Gasteiger partial charge in [0.25, 0.3) is 5.82 Å². The fourth-order valence-electron chi connectivity index (χ4n) is 5.09. The van der Waals surface area contributed by atoms with E-state index in [4.69, 9.17) is 10.8 Å². The van der Waals surface area contributed by atoms with Crippen molar-refractivity contribution in [3.63, 3.8) is 0 Å². The molecule has 4 bridgehead atoms. The first-order valence-electron chi connectivity index (χ1n) is 7.02. The van der Waals surface area contributed by atoms with Gasteiger partial charge in [0.05, 0.1) is 5.54 Å². The van der Waals surface area contributed by atoms with Crippen molar-refractivity contribution in [2.24, 2.45) is 17.8 Å². The minimum Gasteiger partial charge on any atom is -0.475 e. The summed E-state index contributed by atoms with van der Waals surface area (Å²) in [7, 11) is 0. The van der Waals surface area contributed by atoms with E-state index in [9.17, 15) is 4.79 Å². The van der Waals surface area contributed by atoms with Crippen LogP contribution in [0, 0.1) is 17.8 Å². The van der Waals surface area contributed by atoms with Crippen molar-refractivity contribution >= 4 is 11.9 Å². The maximum absolute atomic E-state index is 11.0. The van der Waals surface area contributed by atoms with Gasteiger partial charge in [-0.15, -0.1) is 5.10 Å². The van der Waals surface area contributed by atoms with Crippen LogP contribution in [0.4, 0.5) is 5.95 Å². The van der Waals surface area contributed by atoms with Gasteiger partial charge in [-0.05, 0) is 56.3 Å². The molecule has 0 aliphatic heterocycles. The zero-order valence-electron chi connectivity index (χ0n) is 10.7. The third kappa shape index (κ3) is 1.52. The first-order valence-corrected chi connectivity index (χ1v) is 7.02. The number of rotatable bonds is 2. The van der Waals surface area contributed by atoms with Crippen LogP contribution in [0.3, 0.4) is 0 Å². The van der Waals surface area contributed by atoms with E-state index in [1.807, 2.05) is 0 Å². The topological polar surface area (TPSA) is 94.0 Å². The molecule has 4 saturated carbocycles. The summed E-state index contributed by atoms with van der Waals surface area (Å²) in [4.78, 5) is 14.9. The fourth-order valence-corrected chi connectivity index (χ4v) is 5.09. The Labute approximate surface area is 111 Å². The van der Waals surface area contributed by atoms with Crippen molar-refractivity contribution in [1.82, 2.24) is 14.8 Å². The molecule has 4 fully saturated rings. The van der Waals surface area contributed by atoms with Crippen LogP contribution < -0.4 is 5.73 Å². The highest BCUT2D eigenvalue weighted by molar-refractivity contribution is 5.83. The highest BCUT2D eigenvalue weighted by atomic mass is 16.4. The maximum Gasteiger partial charge on any atom is 0.375 e. The van der Waals surface area contributed by atoms with Gasteiger partial charge in [-0.2, -0.15) is 4.98 Å². The van der Waals surface area contributed by atoms with Crippen molar-refractivity contribution in [1.29, 1.82) is 0 Å². The minimum absolute atomic E-state index is 0.0560. The zero-order valence-corrected chi connectivity index (χ0v) is 10.7. The fraction of sp³-hybridized carbons (Fsp3) is 0.769. The molecule has 19 heavy (non-hydrogen) atoms. The number of hydrogen-bond acceptors (Lipinski definition) is 4. The first kappa shape index (κ1) is 11.3. The normalized spacial score (nSPS) is 39.7. The van der Waals surface area contributed by atoms with E-state index in [-0.39, 0.29) is 17.3 Å². The molecule has 0 atom stereocenters. The highest BCUT2D eigenvalue weighted by Gasteiger charge is 2.53. The molecular weight excluding hydrogens is 244 g/mol. The summed E-state index contributed by atoms with van der Waals surface area (Å²) in [6.07, 6.45) is 7.27. The van der Waals surface area contributed by atoms with Crippen molar-refractivity contribution in [2.45, 2.75) is 44.1 Å². The third-order valence-corrected chi connectivity index (χ3v) is 5.28. The Balaban J connectivity index is 1.77. The van der Waals surface area contributed by atoms with Crippen molar-refractivity contribution in [2.75, 3.05) is 5.73 Å². The number of nitrogens with two attached hydrogens (primary N) is 1. The van der Waals surface area contributed by atoms with E-state index >= 15 is 0 Å². The number of hydrogen-bond donors (Lipinski definition) is 2. The largest absolute Gasteiger partial charge is 0.475 e. The molecule has 0 aromatic carbocycles. The van der Waals surface area contributed by atoms with Crippen LogP contribution in [0.1, 0.15) is 49.1 Å². The molecule has 1 heterocycles. The number of aromatic carboxylic acids is 1. The second-order valence-corrected chi connectivity index (χ2v) is 6.65. The second-order valence-electron chi connectivity index (χ2n) is 6.65. The summed E-state index contributed by atoms with van der Waals surface area (Å²) in [6.45, 7) is 0. The Morgan fingerprint density at radius 2 is 1.74 bits per heavy atom. The van der Waals surface area contributed by atoms with E-state index in [1.54, 1.807) is 4.68 Å². The molecular formula is C13H18N4O2. The van der Waals surface area contributed by atoms with E-state index in [1.165, 1.54) is 19.3 Å². The lowest BCUT2D eigenvalue weighted by molar-refractivity contribution is -0.0483. The van der Waals surface area contributed by atoms with Gasteiger partial charge in [-0.1, -0.05) is 0 Å². The summed E-state index contributed by atoms with van der Waals surface area (Å²) >= 11 is 0. The van der Waals surface area contributed by atoms with Crippen molar-refractivity contribution in [3.8, 4) is 0 Å². The number of aromatic nitrogens is 3. The first-order chi connectivity index (χ1) is 9.06. The van der Waals surface area contributed by atoms with Gasteiger partial charge in [-0.25, -0.2) is 9.48 Å². The van der Waals surface area contributed by atoms with Gasteiger partial charge >= 0.3 is 5.97 Å². The standard InChI is InChI=1S/C13H18N4O2/c14-12-15-10(11(18)19)16-17(12)13-4-7-1-8(5-13)3-9(2-7)6-13/h7-9H,1-6H2,(H,18,19)(H2,14,15,16). The van der Waals surface area contributed by atoms with Crippen LogP contribution >= 0.6 is 0 Å². The van der Waals surface area contributed by atoms with Crippen LogP contribution in [0.25, 0.3) is 0 Å². The van der Waals surface area contributed by atoms with E-state index in [2.05, 4.69) is 10.1 Å². The summed E-state index contributed by atoms with van der Waals surface area (Å²) in [5.74, 6) is 1.29. The summed E-state index contributed by atoms with van der Waals surface area (Å²) in [5.41, 5.74) is 5.87. The van der Waals surface area contributed by atoms with Gasteiger partial charge in [0.1, 0.15) is 0 Å². The molecule has 6 heteroatoms. The van der Waals surface area contributed by atoms with Crippen LogP contribution in [-0.4, -0.2) is 25.8 Å². The van der Waals surface area contributed by atoms with Gasteiger partial charge in [0, 0.05) is 0 Å². The molecule has 4 aliphatic carbocycles. The Morgan fingerprint density at radius 3 is 2.16 bits per heavy atom. The SMILES string of the molecule is Nc1nc(C(=O)O)nn1C12CC3CC(CC(C3)C1)C2. The predicted molar refractivity (Wildman–Crippen MR) is 67.5 cm³/mol. The molecule has 0 saturated heterocycles. The number of carboxylic acid groups (broad SMARTS) is 1. The van der Waals surface area contributed by atoms with Crippen molar-refractivity contribution in [3.05, 3.63) is 5.82 Å². The number of nitrogens with zero attached hydrogens (tertiary/aromatic N) is 3. The quantitative estimate of drug-likeness (QED) is 0.842. The number of anilines is 1. The molecule has 0 unspecified atom stereocenters. The third-order valence-electron chi connectivity index (χ3n) is 5.28. The molecule has 102 valence electrons. The van der Waals surface area contributed by atoms with E-state index < -0.39 is 5.97 Å². The van der Waals surface area contributed by atoms with E-state index in [0.29, 0.717) is 0 Å². The van der Waals surface area contributed by atoms with E-state index in [0.717, 1.165) is 37.0 Å². The Morgan fingerprint density at radius 1 is 1.21 bits per heavy atom. The molecule has 5 rings (SSSR count). The van der Waals surface area contributed by atoms with Crippen LogP contribution in [-0.2, 0) is 5.54 Å². The van der Waals surface area contributed by atoms with Crippen LogP contribution in [0.5, 0.6) is 0 Å². The molecule has 1 aromatic heterocycles. The minimum atomic E-state index is -1.10. The molecule has 6 nitrogen and oxygen atoms in total. The number of nitrogen functional groups attached to an aromatic ring is 1. The lowest BCUT2D eigenvalue weighted by atomic mass is 9.53. The Kier molecular flexibility index (Phi) is 2.07. The average molecular weight is 262 g/mol. The average Bonchev–Trinajstić information content (AvgIpc) is 2.70. The predicted octanol–water partition coefficient (Wildman–Crippen LogP) is 1.48. The van der Waals surface area contributed by atoms with Crippen LogP contribution in [0.15, 0.2) is 0 Å². The monoisotopic (exact) mass is 262 g/mol. The van der Waals surface area contributed by atoms with Gasteiger partial charge < -0.3 is 10.8 Å². The second kappa shape index (κ2) is 3.49. The Bertz CT molecular complexity index is 516. The lowest BCUT2D eigenvalue weighted by Gasteiger charge is -2.56. The smallest absolute Gasteiger partial charge is 0.375 e. The highest BCUT2D eigenvalue weighted by Crippen LogP contribution is 2.58. The maximum atomic E-state index is 11.0. The van der Waals surface area contributed by atoms with Gasteiger partial charge in [-0.3, -0.25) is 0 Å². The zero-order chi connectivity index (χ0) is 13.2. The van der Waals surface area contributed by atoms with Gasteiger partial charge in [0.15, 0.2) is 0 Å². The number of carbonyl (C=O) groups is 1. The molecule has 0 spiro atoms. The van der Waals surface area contributed by atoms with Gasteiger partial charge in [0.2, 0.25) is 5.95 Å².